The highest BCUT2D eigenvalue weighted by Crippen LogP contribution is 2.34. The number of aromatic nitrogens is 6. The molecule has 1 saturated carbocycles. The van der Waals surface area contributed by atoms with Crippen molar-refractivity contribution in [2.75, 3.05) is 12.4 Å². The fraction of sp³-hybridized carbons (Fsp3) is 0.400. The molecule has 32 heavy (non-hydrogen) atoms. The molecule has 5 rings (SSSR count). The first kappa shape index (κ1) is 20.9. The van der Waals surface area contributed by atoms with E-state index in [4.69, 9.17) is 19.4 Å². The Morgan fingerprint density at radius 2 is 1.94 bits per heavy atom. The maximum absolute atomic E-state index is 6.14. The molecule has 0 saturated heterocycles. The van der Waals surface area contributed by atoms with Crippen LogP contribution in [-0.4, -0.2) is 77.6 Å². The van der Waals surface area contributed by atoms with Gasteiger partial charge in [0.05, 0.1) is 30.5 Å². The van der Waals surface area contributed by atoms with E-state index in [-0.39, 0.29) is 5.30 Å². The second kappa shape index (κ2) is 8.16. The van der Waals surface area contributed by atoms with E-state index < -0.39 is 0 Å². The van der Waals surface area contributed by atoms with Gasteiger partial charge in [0, 0.05) is 30.1 Å². The number of ether oxygens (including phenoxy) is 2. The predicted octanol–water partition coefficient (Wildman–Crippen LogP) is -0.0735. The summed E-state index contributed by atoms with van der Waals surface area (Å²) in [4.78, 5) is 17.3. The largest absolute Gasteiger partial charge is 0.480 e. The number of hydrogen-bond donors (Lipinski definition) is 2. The van der Waals surface area contributed by atoms with Crippen molar-refractivity contribution in [1.29, 1.82) is 0 Å². The van der Waals surface area contributed by atoms with Crippen molar-refractivity contribution in [2.24, 2.45) is 0 Å². The lowest BCUT2D eigenvalue weighted by Crippen LogP contribution is -2.41. The van der Waals surface area contributed by atoms with Gasteiger partial charge in [0.15, 0.2) is 5.65 Å². The van der Waals surface area contributed by atoms with Gasteiger partial charge in [-0.05, 0) is 37.0 Å². The smallest absolute Gasteiger partial charge is 0.228 e. The number of aromatic amines is 1. The average Bonchev–Trinajstić information content (AvgIpc) is 3.40. The minimum absolute atomic E-state index is 0.102. The number of fused-ring (bicyclic) bond motifs is 2. The standard InChI is InChI=1S/C20H26B3N7O2/c1-31-18-16-13(14-7-9-30-15(27-14)6-8-25-30)10-24-17(16)28-19(29-18)26-11-2-4-12(5-3-11)32-20(21,22)23/h6-12H,2-5,21-23H2,1H3,(H2,24,26,28,29)/t11-,12+. The van der Waals surface area contributed by atoms with E-state index >= 15 is 0 Å². The van der Waals surface area contributed by atoms with Crippen LogP contribution in [0.2, 0.25) is 0 Å². The van der Waals surface area contributed by atoms with Crippen LogP contribution < -0.4 is 10.1 Å². The molecular weight excluding hydrogens is 403 g/mol. The fourth-order valence-electron chi connectivity index (χ4n) is 4.38. The van der Waals surface area contributed by atoms with E-state index in [9.17, 15) is 0 Å². The van der Waals surface area contributed by atoms with Crippen molar-refractivity contribution in [3.8, 4) is 17.1 Å². The van der Waals surface area contributed by atoms with Crippen LogP contribution in [0.25, 0.3) is 27.9 Å². The summed E-state index contributed by atoms with van der Waals surface area (Å²) < 4.78 is 13.5. The highest BCUT2D eigenvalue weighted by atomic mass is 16.5. The Morgan fingerprint density at radius 1 is 1.12 bits per heavy atom. The first-order valence-corrected chi connectivity index (χ1v) is 11.1. The van der Waals surface area contributed by atoms with Gasteiger partial charge in [-0.1, -0.05) is 0 Å². The van der Waals surface area contributed by atoms with E-state index in [0.29, 0.717) is 29.6 Å². The normalized spacial score (nSPS) is 19.4. The van der Waals surface area contributed by atoms with E-state index in [1.165, 1.54) is 0 Å². The Bertz CT molecular complexity index is 1250. The van der Waals surface area contributed by atoms with E-state index in [2.05, 4.69) is 43.9 Å². The van der Waals surface area contributed by atoms with Crippen molar-refractivity contribution in [2.45, 2.75) is 43.1 Å². The summed E-state index contributed by atoms with van der Waals surface area (Å²) in [6, 6.07) is 4.11. The molecule has 4 aromatic rings. The molecule has 0 aromatic carbocycles. The zero-order valence-electron chi connectivity index (χ0n) is 18.9. The van der Waals surface area contributed by atoms with Crippen LogP contribution in [0.4, 0.5) is 5.95 Å². The second-order valence-corrected chi connectivity index (χ2v) is 9.28. The molecule has 9 nitrogen and oxygen atoms in total. The molecule has 0 bridgehead atoms. The zero-order valence-corrected chi connectivity index (χ0v) is 18.9. The molecule has 0 radical (unpaired) electrons. The molecule has 0 amide bonds. The number of rotatable bonds is 6. The topological polar surface area (TPSA) is 102 Å². The Morgan fingerprint density at radius 3 is 2.69 bits per heavy atom. The van der Waals surface area contributed by atoms with E-state index in [0.717, 1.165) is 48.0 Å². The molecule has 2 N–H and O–H groups in total. The van der Waals surface area contributed by atoms with Crippen LogP contribution >= 0.6 is 0 Å². The Labute approximate surface area is 188 Å². The average molecular weight is 429 g/mol. The molecule has 12 heteroatoms. The molecule has 1 fully saturated rings. The van der Waals surface area contributed by atoms with Gasteiger partial charge in [-0.25, -0.2) is 9.50 Å². The lowest BCUT2D eigenvalue weighted by molar-refractivity contribution is 0.0202. The van der Waals surface area contributed by atoms with Gasteiger partial charge >= 0.3 is 0 Å². The number of H-pyrrole nitrogens is 1. The van der Waals surface area contributed by atoms with Gasteiger partial charge in [-0.2, -0.15) is 15.1 Å². The van der Waals surface area contributed by atoms with Crippen molar-refractivity contribution < 1.29 is 9.47 Å². The first-order chi connectivity index (χ1) is 15.4. The van der Waals surface area contributed by atoms with Gasteiger partial charge in [0.2, 0.25) is 11.8 Å². The molecule has 162 valence electrons. The van der Waals surface area contributed by atoms with Crippen LogP contribution in [0.1, 0.15) is 25.7 Å². The third-order valence-electron chi connectivity index (χ3n) is 5.75. The number of nitrogens with zero attached hydrogens (tertiary/aromatic N) is 5. The summed E-state index contributed by atoms with van der Waals surface area (Å²) in [5.41, 5.74) is 3.20. The van der Waals surface area contributed by atoms with Crippen molar-refractivity contribution in [1.82, 2.24) is 29.5 Å². The summed E-state index contributed by atoms with van der Waals surface area (Å²) in [6.07, 6.45) is 9.94. The maximum atomic E-state index is 6.14. The summed E-state index contributed by atoms with van der Waals surface area (Å²) in [5, 5.41) is 8.42. The molecule has 0 atom stereocenters. The number of anilines is 1. The lowest BCUT2D eigenvalue weighted by Gasteiger charge is -2.34. The van der Waals surface area contributed by atoms with Crippen molar-refractivity contribution >= 4 is 46.2 Å². The van der Waals surface area contributed by atoms with Crippen molar-refractivity contribution in [3.63, 3.8) is 0 Å². The van der Waals surface area contributed by atoms with Crippen molar-refractivity contribution in [3.05, 3.63) is 30.7 Å². The summed E-state index contributed by atoms with van der Waals surface area (Å²) in [6.45, 7) is 0. The third kappa shape index (κ3) is 4.19. The fourth-order valence-corrected chi connectivity index (χ4v) is 4.38. The summed E-state index contributed by atoms with van der Waals surface area (Å²) >= 11 is 0. The SMILES string of the molecule is BC(B)(B)O[C@H]1CC[C@@H](Nc2nc(OC)c3c(-c4ccn5nccc5n4)c[nH]c3n2)CC1. The molecule has 1 aliphatic carbocycles. The molecule has 1 aliphatic rings. The first-order valence-electron chi connectivity index (χ1n) is 11.1. The minimum atomic E-state index is -0.102. The van der Waals surface area contributed by atoms with Crippen LogP contribution in [0.3, 0.4) is 0 Å². The molecule has 0 unspecified atom stereocenters. The number of nitrogens with one attached hydrogen (secondary N) is 2. The molecular formula is C20H26B3N7O2. The van der Waals surface area contributed by atoms with Crippen LogP contribution in [0.5, 0.6) is 5.88 Å². The summed E-state index contributed by atoms with van der Waals surface area (Å²) in [7, 11) is 7.96. The second-order valence-electron chi connectivity index (χ2n) is 9.28. The monoisotopic (exact) mass is 429 g/mol. The molecule has 4 aromatic heterocycles. The van der Waals surface area contributed by atoms with Gasteiger partial charge in [0.25, 0.3) is 0 Å². The Hall–Kier alpha value is -3.01. The summed E-state index contributed by atoms with van der Waals surface area (Å²) in [5.74, 6) is 1.09. The predicted molar refractivity (Wildman–Crippen MR) is 132 cm³/mol. The maximum Gasteiger partial charge on any atom is 0.228 e. The van der Waals surface area contributed by atoms with Gasteiger partial charge in [-0.15, -0.1) is 0 Å². The molecule has 4 heterocycles. The van der Waals surface area contributed by atoms with E-state index in [1.807, 2.05) is 24.5 Å². The van der Waals surface area contributed by atoms with Crippen LogP contribution in [0.15, 0.2) is 30.7 Å². The number of hydrogen-bond acceptors (Lipinski definition) is 7. The number of methoxy groups -OCH3 is 1. The molecule has 0 aliphatic heterocycles. The zero-order chi connectivity index (χ0) is 22.3. The minimum Gasteiger partial charge on any atom is -0.480 e. The van der Waals surface area contributed by atoms with Gasteiger partial charge in [-0.3, -0.25) is 0 Å². The van der Waals surface area contributed by atoms with Crippen LogP contribution in [-0.2, 0) is 4.74 Å². The lowest BCUT2D eigenvalue weighted by atomic mass is 9.52. The Kier molecular flexibility index (Phi) is 5.32. The van der Waals surface area contributed by atoms with Crippen LogP contribution in [0, 0.1) is 0 Å². The highest BCUT2D eigenvalue weighted by Gasteiger charge is 2.26. The third-order valence-corrected chi connectivity index (χ3v) is 5.75. The molecule has 0 spiro atoms. The quantitative estimate of drug-likeness (QED) is 0.414. The highest BCUT2D eigenvalue weighted by molar-refractivity contribution is 6.58. The Balaban J connectivity index is 1.37. The van der Waals surface area contributed by atoms with Gasteiger partial charge < -0.3 is 19.8 Å². The van der Waals surface area contributed by atoms with E-state index in [1.54, 1.807) is 17.8 Å². The van der Waals surface area contributed by atoms with Gasteiger partial charge in [0.1, 0.15) is 29.2 Å².